The van der Waals surface area contributed by atoms with Crippen LogP contribution in [0.5, 0.6) is 0 Å². The van der Waals surface area contributed by atoms with Gasteiger partial charge in [0.2, 0.25) is 0 Å². The lowest BCUT2D eigenvalue weighted by Gasteiger charge is -2.02. The van der Waals surface area contributed by atoms with Crippen LogP contribution >= 0.6 is 11.8 Å². The van der Waals surface area contributed by atoms with Gasteiger partial charge in [0.05, 0.1) is 5.44 Å². The number of hydrogen-bond acceptors (Lipinski definition) is 3. The zero-order valence-corrected chi connectivity index (χ0v) is 7.21. The van der Waals surface area contributed by atoms with Crippen molar-refractivity contribution in [2.45, 2.75) is 18.1 Å². The van der Waals surface area contributed by atoms with Crippen LogP contribution in [-0.2, 0) is 5.75 Å². The van der Waals surface area contributed by atoms with Crippen LogP contribution in [-0.4, -0.2) is 15.5 Å². The molecule has 0 fully saturated rings. The fraction of sp³-hybridized carbons (Fsp3) is 0.375. The van der Waals surface area contributed by atoms with Crippen molar-refractivity contribution in [2.75, 3.05) is 0 Å². The van der Waals surface area contributed by atoms with Gasteiger partial charge in [0.15, 0.2) is 0 Å². The zero-order chi connectivity index (χ0) is 8.10. The molecule has 1 atom stereocenters. The Balaban J connectivity index is 2.39. The van der Waals surface area contributed by atoms with Gasteiger partial charge < -0.3 is 5.11 Å². The van der Waals surface area contributed by atoms with E-state index >= 15 is 0 Å². The molecule has 0 spiro atoms. The van der Waals surface area contributed by atoms with Gasteiger partial charge in [0, 0.05) is 18.1 Å². The molecule has 0 aliphatic rings. The average Bonchev–Trinajstić information content (AvgIpc) is 2.03. The smallest absolute Gasteiger partial charge is 0.0967 e. The molecule has 3 heteroatoms. The van der Waals surface area contributed by atoms with Gasteiger partial charge in [-0.1, -0.05) is 6.07 Å². The Hall–Kier alpha value is -0.540. The lowest BCUT2D eigenvalue weighted by molar-refractivity contribution is 0.284. The number of pyridine rings is 1. The molecule has 1 unspecified atom stereocenters. The second kappa shape index (κ2) is 4.36. The Morgan fingerprint density at radius 3 is 3.09 bits per heavy atom. The highest BCUT2D eigenvalue weighted by molar-refractivity contribution is 7.98. The van der Waals surface area contributed by atoms with Crippen LogP contribution in [0.1, 0.15) is 12.5 Å². The summed E-state index contributed by atoms with van der Waals surface area (Å²) in [5, 5.41) is 8.96. The summed E-state index contributed by atoms with van der Waals surface area (Å²) in [7, 11) is 0. The predicted octanol–water partition coefficient (Wildman–Crippen LogP) is 1.65. The Labute approximate surface area is 70.7 Å². The summed E-state index contributed by atoms with van der Waals surface area (Å²) < 4.78 is 0. The van der Waals surface area contributed by atoms with Crippen molar-refractivity contribution in [3.8, 4) is 0 Å². The maximum Gasteiger partial charge on any atom is 0.0967 e. The Morgan fingerprint density at radius 2 is 2.55 bits per heavy atom. The van der Waals surface area contributed by atoms with Crippen molar-refractivity contribution >= 4 is 11.8 Å². The molecule has 11 heavy (non-hydrogen) atoms. The van der Waals surface area contributed by atoms with Crippen LogP contribution in [0.4, 0.5) is 0 Å². The quantitative estimate of drug-likeness (QED) is 0.698. The molecule has 1 aromatic heterocycles. The SMILES string of the molecule is CC(O)SCc1cccnc1. The van der Waals surface area contributed by atoms with E-state index in [4.69, 9.17) is 5.11 Å². The second-order valence-electron chi connectivity index (χ2n) is 2.27. The van der Waals surface area contributed by atoms with Crippen LogP contribution in [0.25, 0.3) is 0 Å². The molecule has 0 amide bonds. The van der Waals surface area contributed by atoms with Crippen molar-refractivity contribution in [3.05, 3.63) is 30.1 Å². The van der Waals surface area contributed by atoms with Crippen LogP contribution in [0.15, 0.2) is 24.5 Å². The lowest BCUT2D eigenvalue weighted by Crippen LogP contribution is -1.92. The molecule has 0 bridgehead atoms. The number of aromatic nitrogens is 1. The van der Waals surface area contributed by atoms with Gasteiger partial charge in [0.1, 0.15) is 0 Å². The van der Waals surface area contributed by atoms with E-state index in [1.807, 2.05) is 18.3 Å². The summed E-state index contributed by atoms with van der Waals surface area (Å²) in [6.07, 6.45) is 3.56. The molecule has 1 aromatic rings. The third kappa shape index (κ3) is 3.39. The molecular formula is C8H11NOS. The summed E-state index contributed by atoms with van der Waals surface area (Å²) in [6, 6.07) is 3.90. The van der Waals surface area contributed by atoms with Crippen molar-refractivity contribution < 1.29 is 5.11 Å². The van der Waals surface area contributed by atoms with E-state index in [2.05, 4.69) is 4.98 Å². The third-order valence-electron chi connectivity index (χ3n) is 1.21. The van der Waals surface area contributed by atoms with Gasteiger partial charge in [-0.2, -0.15) is 0 Å². The fourth-order valence-corrected chi connectivity index (χ4v) is 1.30. The summed E-state index contributed by atoms with van der Waals surface area (Å²) in [5.74, 6) is 0.825. The number of nitrogens with zero attached hydrogens (tertiary/aromatic N) is 1. The molecule has 0 aliphatic carbocycles. The number of thioether (sulfide) groups is 1. The average molecular weight is 169 g/mol. The first-order valence-corrected chi connectivity index (χ1v) is 4.52. The van der Waals surface area contributed by atoms with E-state index in [1.54, 1.807) is 13.1 Å². The topological polar surface area (TPSA) is 33.1 Å². The van der Waals surface area contributed by atoms with Crippen LogP contribution in [0.3, 0.4) is 0 Å². The molecule has 60 valence electrons. The minimum absolute atomic E-state index is 0.296. The normalized spacial score (nSPS) is 12.9. The van der Waals surface area contributed by atoms with Crippen molar-refractivity contribution in [1.82, 2.24) is 4.98 Å². The first-order chi connectivity index (χ1) is 5.29. The second-order valence-corrected chi connectivity index (χ2v) is 3.58. The number of rotatable bonds is 3. The molecule has 0 saturated heterocycles. The maximum atomic E-state index is 8.96. The van der Waals surface area contributed by atoms with E-state index in [0.717, 1.165) is 11.3 Å². The third-order valence-corrected chi connectivity index (χ3v) is 2.20. The molecule has 1 heterocycles. The van der Waals surface area contributed by atoms with E-state index < -0.39 is 0 Å². The Morgan fingerprint density at radius 1 is 1.73 bits per heavy atom. The summed E-state index contributed by atoms with van der Waals surface area (Å²) in [6.45, 7) is 1.76. The zero-order valence-electron chi connectivity index (χ0n) is 6.40. The molecule has 0 aromatic carbocycles. The van der Waals surface area contributed by atoms with Crippen LogP contribution in [0, 0.1) is 0 Å². The highest BCUT2D eigenvalue weighted by atomic mass is 32.2. The van der Waals surface area contributed by atoms with E-state index in [0.29, 0.717) is 0 Å². The molecule has 0 saturated carbocycles. The van der Waals surface area contributed by atoms with E-state index in [9.17, 15) is 0 Å². The largest absolute Gasteiger partial charge is 0.383 e. The van der Waals surface area contributed by atoms with Crippen LogP contribution in [0.2, 0.25) is 0 Å². The summed E-state index contributed by atoms with van der Waals surface area (Å²) in [4.78, 5) is 3.97. The number of aliphatic hydroxyl groups is 1. The number of hydrogen-bond donors (Lipinski definition) is 1. The molecule has 0 radical (unpaired) electrons. The minimum Gasteiger partial charge on any atom is -0.383 e. The van der Waals surface area contributed by atoms with Gasteiger partial charge >= 0.3 is 0 Å². The standard InChI is InChI=1S/C8H11NOS/c1-7(10)11-6-8-3-2-4-9-5-8/h2-5,7,10H,6H2,1H3. The fourth-order valence-electron chi connectivity index (χ4n) is 0.700. The molecular weight excluding hydrogens is 158 g/mol. The van der Waals surface area contributed by atoms with Gasteiger partial charge in [-0.25, -0.2) is 0 Å². The van der Waals surface area contributed by atoms with Crippen molar-refractivity contribution in [3.63, 3.8) is 0 Å². The molecule has 1 rings (SSSR count). The summed E-state index contributed by atoms with van der Waals surface area (Å²) in [5.41, 5.74) is 0.855. The van der Waals surface area contributed by atoms with E-state index in [1.165, 1.54) is 11.8 Å². The highest BCUT2D eigenvalue weighted by Gasteiger charge is 1.96. The highest BCUT2D eigenvalue weighted by Crippen LogP contribution is 2.13. The van der Waals surface area contributed by atoms with Crippen LogP contribution < -0.4 is 0 Å². The lowest BCUT2D eigenvalue weighted by atomic mass is 10.3. The first-order valence-electron chi connectivity index (χ1n) is 3.47. The molecule has 1 N–H and O–H groups in total. The Bertz CT molecular complexity index is 201. The summed E-state index contributed by atoms with van der Waals surface area (Å²) >= 11 is 1.50. The van der Waals surface area contributed by atoms with Gasteiger partial charge in [-0.05, 0) is 18.6 Å². The first kappa shape index (κ1) is 8.56. The monoisotopic (exact) mass is 169 g/mol. The van der Waals surface area contributed by atoms with Crippen molar-refractivity contribution in [2.24, 2.45) is 0 Å². The number of aliphatic hydroxyl groups excluding tert-OH is 1. The van der Waals surface area contributed by atoms with Crippen molar-refractivity contribution in [1.29, 1.82) is 0 Å². The van der Waals surface area contributed by atoms with Gasteiger partial charge in [-0.15, -0.1) is 11.8 Å². The maximum absolute atomic E-state index is 8.96. The Kier molecular flexibility index (Phi) is 3.39. The molecule has 2 nitrogen and oxygen atoms in total. The molecule has 0 aliphatic heterocycles. The van der Waals surface area contributed by atoms with Gasteiger partial charge in [0.25, 0.3) is 0 Å². The minimum atomic E-state index is -0.296. The van der Waals surface area contributed by atoms with E-state index in [-0.39, 0.29) is 5.44 Å². The van der Waals surface area contributed by atoms with Gasteiger partial charge in [-0.3, -0.25) is 4.98 Å². The predicted molar refractivity (Wildman–Crippen MR) is 47.2 cm³/mol.